The average molecular weight is 284 g/mol. The van der Waals surface area contributed by atoms with Crippen LogP contribution in [0, 0.1) is 17.8 Å². The highest BCUT2D eigenvalue weighted by Crippen LogP contribution is 2.28. The zero-order valence-corrected chi connectivity index (χ0v) is 13.8. The second kappa shape index (κ2) is 7.22. The summed E-state index contributed by atoms with van der Waals surface area (Å²) in [7, 11) is 0. The lowest BCUT2D eigenvalue weighted by atomic mass is 9.87. The summed E-state index contributed by atoms with van der Waals surface area (Å²) in [6.45, 7) is 14.8. The van der Waals surface area contributed by atoms with Crippen LogP contribution in [0.4, 0.5) is 4.39 Å². The molecule has 0 N–H and O–H groups in total. The molecule has 2 rings (SSSR count). The Morgan fingerprint density at radius 2 is 1.65 bits per heavy atom. The smallest absolute Gasteiger partial charge is 0.103 e. The van der Waals surface area contributed by atoms with Gasteiger partial charge in [-0.25, -0.2) is 4.39 Å². The molecule has 2 aliphatic heterocycles. The number of hydrogen-bond donors (Lipinski definition) is 0. The minimum atomic E-state index is -0.572. The summed E-state index contributed by atoms with van der Waals surface area (Å²) in [5.41, 5.74) is 0. The minimum absolute atomic E-state index is 0.321. The molecule has 0 saturated carbocycles. The molecule has 0 aromatic rings. The van der Waals surface area contributed by atoms with Crippen LogP contribution in [0.2, 0.25) is 0 Å². The van der Waals surface area contributed by atoms with Crippen molar-refractivity contribution >= 4 is 0 Å². The Bertz CT molecular complexity index is 279. The molecule has 0 unspecified atom stereocenters. The van der Waals surface area contributed by atoms with E-state index in [2.05, 4.69) is 37.5 Å². The molecule has 3 heteroatoms. The molecule has 0 aromatic carbocycles. The topological polar surface area (TPSA) is 6.48 Å². The Balaban J connectivity index is 1.63. The third-order valence-corrected chi connectivity index (χ3v) is 5.07. The van der Waals surface area contributed by atoms with Crippen LogP contribution in [0.25, 0.3) is 0 Å². The first kappa shape index (κ1) is 16.2. The second-order valence-corrected chi connectivity index (χ2v) is 7.70. The Hall–Kier alpha value is -0.150. The highest BCUT2D eigenvalue weighted by Gasteiger charge is 2.32. The van der Waals surface area contributed by atoms with Gasteiger partial charge in [-0.1, -0.05) is 13.8 Å². The van der Waals surface area contributed by atoms with Gasteiger partial charge in [0, 0.05) is 25.7 Å². The van der Waals surface area contributed by atoms with Crippen molar-refractivity contribution in [2.45, 2.75) is 59.2 Å². The molecule has 20 heavy (non-hydrogen) atoms. The van der Waals surface area contributed by atoms with Crippen molar-refractivity contribution in [2.24, 2.45) is 17.8 Å². The van der Waals surface area contributed by atoms with E-state index in [0.29, 0.717) is 17.9 Å². The van der Waals surface area contributed by atoms with Crippen molar-refractivity contribution < 1.29 is 4.39 Å². The predicted octanol–water partition coefficient (Wildman–Crippen LogP) is 3.42. The van der Waals surface area contributed by atoms with Crippen LogP contribution in [0.3, 0.4) is 0 Å². The van der Waals surface area contributed by atoms with Gasteiger partial charge in [-0.05, 0) is 64.0 Å². The zero-order chi connectivity index (χ0) is 14.7. The number of nitrogens with zero attached hydrogens (tertiary/aromatic N) is 2. The molecule has 0 bridgehead atoms. The summed E-state index contributed by atoms with van der Waals surface area (Å²) in [4.78, 5) is 5.11. The normalized spacial score (nSPS) is 25.4. The maximum atomic E-state index is 14.1. The van der Waals surface area contributed by atoms with Gasteiger partial charge in [0.25, 0.3) is 0 Å². The molecule has 118 valence electrons. The molecule has 0 amide bonds. The summed E-state index contributed by atoms with van der Waals surface area (Å²) in [6.07, 6.45) is 2.30. The molecule has 2 fully saturated rings. The van der Waals surface area contributed by atoms with E-state index in [1.54, 1.807) is 0 Å². The van der Waals surface area contributed by atoms with Crippen molar-refractivity contribution in [1.29, 1.82) is 0 Å². The lowest BCUT2D eigenvalue weighted by Crippen LogP contribution is -2.54. The van der Waals surface area contributed by atoms with Gasteiger partial charge in [0.15, 0.2) is 0 Å². The van der Waals surface area contributed by atoms with Gasteiger partial charge in [0.05, 0.1) is 0 Å². The van der Waals surface area contributed by atoms with Crippen molar-refractivity contribution in [3.63, 3.8) is 0 Å². The fourth-order valence-corrected chi connectivity index (χ4v) is 3.65. The SMILES string of the molecule is CC(C)C[C@@H](F)C1CCN(CC2CN(C(C)C)C2)CC1. The van der Waals surface area contributed by atoms with Gasteiger partial charge < -0.3 is 9.80 Å². The van der Waals surface area contributed by atoms with Gasteiger partial charge in [-0.15, -0.1) is 0 Å². The van der Waals surface area contributed by atoms with Crippen molar-refractivity contribution in [3.05, 3.63) is 0 Å². The fourth-order valence-electron chi connectivity index (χ4n) is 3.65. The van der Waals surface area contributed by atoms with Gasteiger partial charge in [-0.2, -0.15) is 0 Å². The maximum Gasteiger partial charge on any atom is 0.103 e. The first-order chi connectivity index (χ1) is 9.45. The number of likely N-dealkylation sites (tertiary alicyclic amines) is 2. The Labute approximate surface area is 124 Å². The number of rotatable bonds is 6. The molecular weight excluding hydrogens is 251 g/mol. The zero-order valence-electron chi connectivity index (χ0n) is 13.8. The van der Waals surface area contributed by atoms with E-state index < -0.39 is 6.17 Å². The first-order valence-corrected chi connectivity index (χ1v) is 8.56. The summed E-state index contributed by atoms with van der Waals surface area (Å²) < 4.78 is 14.1. The summed E-state index contributed by atoms with van der Waals surface area (Å²) in [5, 5.41) is 0. The van der Waals surface area contributed by atoms with Crippen LogP contribution in [-0.4, -0.2) is 54.7 Å². The van der Waals surface area contributed by atoms with Gasteiger partial charge in [0.1, 0.15) is 6.17 Å². The summed E-state index contributed by atoms with van der Waals surface area (Å²) >= 11 is 0. The van der Waals surface area contributed by atoms with Crippen molar-refractivity contribution in [2.75, 3.05) is 32.7 Å². The molecule has 0 aliphatic carbocycles. The molecule has 2 saturated heterocycles. The van der Waals surface area contributed by atoms with E-state index in [9.17, 15) is 4.39 Å². The van der Waals surface area contributed by atoms with Crippen LogP contribution in [0.5, 0.6) is 0 Å². The molecule has 1 atom stereocenters. The standard InChI is InChI=1S/C17H33FN2/c1-13(2)9-17(18)16-5-7-19(8-6-16)10-15-11-20(12-15)14(3)4/h13-17H,5-12H2,1-4H3/t17-/m1/s1. The number of alkyl halides is 1. The molecule has 2 heterocycles. The van der Waals surface area contributed by atoms with Crippen molar-refractivity contribution in [3.8, 4) is 0 Å². The van der Waals surface area contributed by atoms with Gasteiger partial charge in [-0.3, -0.25) is 0 Å². The van der Waals surface area contributed by atoms with E-state index >= 15 is 0 Å². The van der Waals surface area contributed by atoms with E-state index in [-0.39, 0.29) is 0 Å². The molecule has 2 aliphatic rings. The monoisotopic (exact) mass is 284 g/mol. The Morgan fingerprint density at radius 3 is 2.15 bits per heavy atom. The summed E-state index contributed by atoms with van der Waals surface area (Å²) in [6, 6.07) is 0.695. The lowest BCUT2D eigenvalue weighted by molar-refractivity contribution is 0.0270. The minimum Gasteiger partial charge on any atom is -0.303 e. The van der Waals surface area contributed by atoms with Crippen LogP contribution in [-0.2, 0) is 0 Å². The van der Waals surface area contributed by atoms with E-state index in [0.717, 1.165) is 38.3 Å². The number of piperidine rings is 1. The second-order valence-electron chi connectivity index (χ2n) is 7.70. The quantitative estimate of drug-likeness (QED) is 0.737. The highest BCUT2D eigenvalue weighted by molar-refractivity contribution is 4.86. The van der Waals surface area contributed by atoms with Gasteiger partial charge >= 0.3 is 0 Å². The fraction of sp³-hybridized carbons (Fsp3) is 1.00. The molecule has 2 nitrogen and oxygen atoms in total. The average Bonchev–Trinajstić information content (AvgIpc) is 2.32. The predicted molar refractivity (Wildman–Crippen MR) is 83.7 cm³/mol. The Morgan fingerprint density at radius 1 is 1.05 bits per heavy atom. The van der Waals surface area contributed by atoms with Crippen LogP contribution in [0.15, 0.2) is 0 Å². The lowest BCUT2D eigenvalue weighted by Gasteiger charge is -2.45. The van der Waals surface area contributed by atoms with Crippen LogP contribution in [0.1, 0.15) is 47.0 Å². The summed E-state index contributed by atoms with van der Waals surface area (Å²) in [5.74, 6) is 1.66. The third kappa shape index (κ3) is 4.42. The first-order valence-electron chi connectivity index (χ1n) is 8.56. The number of halogens is 1. The number of hydrogen-bond acceptors (Lipinski definition) is 2. The maximum absolute atomic E-state index is 14.1. The molecular formula is C17H33FN2. The molecule has 0 aromatic heterocycles. The molecule has 0 radical (unpaired) electrons. The largest absolute Gasteiger partial charge is 0.303 e. The highest BCUT2D eigenvalue weighted by atomic mass is 19.1. The third-order valence-electron chi connectivity index (χ3n) is 5.07. The van der Waals surface area contributed by atoms with E-state index in [1.807, 2.05) is 0 Å². The van der Waals surface area contributed by atoms with Gasteiger partial charge in [0.2, 0.25) is 0 Å². The van der Waals surface area contributed by atoms with E-state index in [4.69, 9.17) is 0 Å². The molecule has 0 spiro atoms. The van der Waals surface area contributed by atoms with Crippen LogP contribution < -0.4 is 0 Å². The Kier molecular flexibility index (Phi) is 5.85. The van der Waals surface area contributed by atoms with E-state index in [1.165, 1.54) is 19.6 Å². The van der Waals surface area contributed by atoms with Crippen LogP contribution >= 0.6 is 0 Å². The van der Waals surface area contributed by atoms with Crippen molar-refractivity contribution in [1.82, 2.24) is 9.80 Å².